The summed E-state index contributed by atoms with van der Waals surface area (Å²) in [7, 11) is 0. The van der Waals surface area contributed by atoms with Crippen molar-refractivity contribution in [1.82, 2.24) is 0 Å². The number of rotatable bonds is 3. The summed E-state index contributed by atoms with van der Waals surface area (Å²) in [6.07, 6.45) is 8.45. The topological polar surface area (TPSA) is 65.7 Å². The third-order valence-corrected chi connectivity index (χ3v) is 7.51. The van der Waals surface area contributed by atoms with Crippen LogP contribution in [0.25, 0.3) is 0 Å². The van der Waals surface area contributed by atoms with E-state index in [-0.39, 0.29) is 46.6 Å². The molecule has 0 spiro atoms. The average Bonchev–Trinajstić information content (AvgIpc) is 3.16. The summed E-state index contributed by atoms with van der Waals surface area (Å²) in [5.74, 6) is -0.457. The van der Waals surface area contributed by atoms with E-state index in [9.17, 15) is 9.59 Å². The lowest BCUT2D eigenvalue weighted by Gasteiger charge is -2.59. The molecule has 3 aliphatic rings. The number of ether oxygens (including phenoxy) is 2. The third kappa shape index (κ3) is 3.32. The molecule has 4 rings (SSSR count). The third-order valence-electron chi connectivity index (χ3n) is 7.51. The number of cyclic esters (lactones) is 1. The Bertz CT molecular complexity index is 818. The van der Waals surface area contributed by atoms with Crippen molar-refractivity contribution >= 4 is 11.9 Å². The minimum Gasteiger partial charge on any atom is -0.472 e. The molecule has 1 aromatic heterocycles. The van der Waals surface area contributed by atoms with E-state index >= 15 is 0 Å². The van der Waals surface area contributed by atoms with Gasteiger partial charge in [-0.05, 0) is 42.2 Å². The van der Waals surface area contributed by atoms with Crippen LogP contribution in [0.4, 0.5) is 0 Å². The van der Waals surface area contributed by atoms with Gasteiger partial charge in [0.2, 0.25) is 0 Å². The number of esters is 2. The Balaban J connectivity index is 1.76. The lowest BCUT2D eigenvalue weighted by atomic mass is 9.47. The molecule has 2 fully saturated rings. The molecule has 2 aliphatic carbocycles. The molecule has 2 heterocycles. The molecule has 5 heteroatoms. The molecule has 158 valence electrons. The number of hydrogen-bond donors (Lipinski definition) is 0. The van der Waals surface area contributed by atoms with Crippen LogP contribution in [-0.4, -0.2) is 18.0 Å². The van der Waals surface area contributed by atoms with E-state index in [0.717, 1.165) is 31.2 Å². The van der Waals surface area contributed by atoms with Crippen molar-refractivity contribution in [2.75, 3.05) is 0 Å². The van der Waals surface area contributed by atoms with Gasteiger partial charge in [0, 0.05) is 23.0 Å². The van der Waals surface area contributed by atoms with Crippen LogP contribution in [0.1, 0.15) is 72.0 Å². The van der Waals surface area contributed by atoms with Gasteiger partial charge in [-0.2, -0.15) is 0 Å². The van der Waals surface area contributed by atoms with Gasteiger partial charge >= 0.3 is 11.9 Å². The lowest BCUT2D eigenvalue weighted by molar-refractivity contribution is -0.176. The number of carbonyl (C=O) groups excluding carboxylic acids is 2. The second-order valence-electron chi connectivity index (χ2n) is 10.2. The largest absolute Gasteiger partial charge is 0.472 e. The van der Waals surface area contributed by atoms with Gasteiger partial charge in [0.05, 0.1) is 18.4 Å². The average molecular weight is 401 g/mol. The first-order chi connectivity index (χ1) is 13.6. The quantitative estimate of drug-likeness (QED) is 0.651. The molecule has 0 N–H and O–H groups in total. The Kier molecular flexibility index (Phi) is 4.91. The van der Waals surface area contributed by atoms with Crippen molar-refractivity contribution in [2.45, 2.75) is 72.5 Å². The number of fused-ring (bicyclic) bond motifs is 3. The van der Waals surface area contributed by atoms with E-state index < -0.39 is 6.10 Å². The van der Waals surface area contributed by atoms with Crippen molar-refractivity contribution in [1.29, 1.82) is 0 Å². The van der Waals surface area contributed by atoms with Crippen molar-refractivity contribution in [3.05, 3.63) is 35.8 Å². The van der Waals surface area contributed by atoms with Crippen molar-refractivity contribution in [3.8, 4) is 0 Å². The first-order valence-corrected chi connectivity index (χ1v) is 10.8. The molecule has 0 bridgehead atoms. The highest BCUT2D eigenvalue weighted by Crippen LogP contribution is 2.63. The predicted molar refractivity (Wildman–Crippen MR) is 108 cm³/mol. The molecule has 5 nitrogen and oxygen atoms in total. The Morgan fingerprint density at radius 2 is 2.00 bits per heavy atom. The molecular weight excluding hydrogens is 368 g/mol. The summed E-state index contributed by atoms with van der Waals surface area (Å²) in [6, 6.07) is 1.87. The van der Waals surface area contributed by atoms with E-state index in [1.165, 1.54) is 0 Å². The molecule has 0 radical (unpaired) electrons. The van der Waals surface area contributed by atoms with Crippen molar-refractivity contribution < 1.29 is 23.5 Å². The number of hydrogen-bond acceptors (Lipinski definition) is 5. The fraction of sp³-hybridized carbons (Fsp3) is 0.667. The van der Waals surface area contributed by atoms with Crippen molar-refractivity contribution in [2.24, 2.45) is 28.6 Å². The molecule has 0 amide bonds. The number of furan rings is 1. The van der Waals surface area contributed by atoms with Crippen LogP contribution < -0.4 is 0 Å². The number of carbonyl (C=O) groups is 2. The Hall–Kier alpha value is -2.04. The summed E-state index contributed by atoms with van der Waals surface area (Å²) < 4.78 is 17.0. The molecule has 29 heavy (non-hydrogen) atoms. The molecule has 1 aromatic rings. The Morgan fingerprint density at radius 3 is 2.66 bits per heavy atom. The second-order valence-corrected chi connectivity index (χ2v) is 10.2. The summed E-state index contributed by atoms with van der Waals surface area (Å²) in [5, 5.41) is 0. The fourth-order valence-corrected chi connectivity index (χ4v) is 6.18. The first kappa shape index (κ1) is 20.2. The highest BCUT2D eigenvalue weighted by Gasteiger charge is 2.59. The SMILES string of the molecule is CC(C)C(=O)OC1C=C2C(=O)OC(c3ccoc3)CC2C2(C)CCCC(C)(C)C12. The zero-order valence-corrected chi connectivity index (χ0v) is 18.1. The van der Waals surface area contributed by atoms with Gasteiger partial charge in [0.15, 0.2) is 0 Å². The van der Waals surface area contributed by atoms with Crippen LogP contribution in [0.2, 0.25) is 0 Å². The minimum absolute atomic E-state index is 0.0173. The zero-order chi connectivity index (χ0) is 21.0. The Morgan fingerprint density at radius 1 is 1.24 bits per heavy atom. The normalized spacial score (nSPS) is 35.9. The smallest absolute Gasteiger partial charge is 0.334 e. The first-order valence-electron chi connectivity index (χ1n) is 10.8. The summed E-state index contributed by atoms with van der Waals surface area (Å²) in [5.41, 5.74) is 1.47. The maximum Gasteiger partial charge on any atom is 0.334 e. The van der Waals surface area contributed by atoms with Crippen LogP contribution in [0.15, 0.2) is 34.7 Å². The molecule has 5 unspecified atom stereocenters. The van der Waals surface area contributed by atoms with Gasteiger partial charge in [-0.15, -0.1) is 0 Å². The van der Waals surface area contributed by atoms with Gasteiger partial charge in [0.1, 0.15) is 12.2 Å². The fourth-order valence-electron chi connectivity index (χ4n) is 6.18. The van der Waals surface area contributed by atoms with Crippen LogP contribution in [-0.2, 0) is 19.1 Å². The van der Waals surface area contributed by atoms with Crippen LogP contribution in [0.3, 0.4) is 0 Å². The standard InChI is InChI=1S/C24H32O5/c1-14(2)21(25)29-19-11-16-17(24(5)9-6-8-23(3,4)20(19)24)12-18(28-22(16)26)15-7-10-27-13-15/h7,10-11,13-14,17-20H,6,8-9,12H2,1-5H3. The van der Waals surface area contributed by atoms with Gasteiger partial charge in [-0.25, -0.2) is 4.79 Å². The van der Waals surface area contributed by atoms with E-state index in [4.69, 9.17) is 13.9 Å². The van der Waals surface area contributed by atoms with Gasteiger partial charge < -0.3 is 13.9 Å². The molecular formula is C24H32O5. The maximum atomic E-state index is 13.0. The van der Waals surface area contributed by atoms with E-state index in [1.807, 2.05) is 26.0 Å². The molecule has 1 aliphatic heterocycles. The Labute approximate surface area is 172 Å². The summed E-state index contributed by atoms with van der Waals surface area (Å²) in [6.45, 7) is 10.5. The zero-order valence-electron chi connectivity index (χ0n) is 18.1. The molecule has 1 saturated heterocycles. The van der Waals surface area contributed by atoms with Crippen molar-refractivity contribution in [3.63, 3.8) is 0 Å². The highest BCUT2D eigenvalue weighted by molar-refractivity contribution is 5.90. The van der Waals surface area contributed by atoms with Crippen LogP contribution in [0.5, 0.6) is 0 Å². The summed E-state index contributed by atoms with van der Waals surface area (Å²) >= 11 is 0. The van der Waals surface area contributed by atoms with E-state index in [1.54, 1.807) is 12.5 Å². The van der Waals surface area contributed by atoms with Gasteiger partial charge in [-0.3, -0.25) is 4.79 Å². The summed E-state index contributed by atoms with van der Waals surface area (Å²) in [4.78, 5) is 25.5. The second kappa shape index (κ2) is 7.03. The minimum atomic E-state index is -0.394. The van der Waals surface area contributed by atoms with Gasteiger partial charge in [-0.1, -0.05) is 41.0 Å². The van der Waals surface area contributed by atoms with E-state index in [0.29, 0.717) is 5.57 Å². The predicted octanol–water partition coefficient (Wildman–Crippen LogP) is 5.22. The lowest BCUT2D eigenvalue weighted by Crippen LogP contribution is -2.57. The maximum absolute atomic E-state index is 13.0. The van der Waals surface area contributed by atoms with Gasteiger partial charge in [0.25, 0.3) is 0 Å². The molecule has 0 aromatic carbocycles. The molecule has 1 saturated carbocycles. The van der Waals surface area contributed by atoms with E-state index in [2.05, 4.69) is 20.8 Å². The van der Waals surface area contributed by atoms with Crippen LogP contribution in [0, 0.1) is 28.6 Å². The molecule has 5 atom stereocenters. The monoisotopic (exact) mass is 400 g/mol. The van der Waals surface area contributed by atoms with Crippen LogP contribution >= 0.6 is 0 Å². The highest BCUT2D eigenvalue weighted by atomic mass is 16.6.